The summed E-state index contributed by atoms with van der Waals surface area (Å²) in [6.07, 6.45) is 1.94. The van der Waals surface area contributed by atoms with E-state index in [4.69, 9.17) is 39.5 Å². The number of ether oxygens (including phenoxy) is 1. The quantitative estimate of drug-likeness (QED) is 0.576. The average molecular weight is 349 g/mol. The smallest absolute Gasteiger partial charge is 0.258 e. The van der Waals surface area contributed by atoms with E-state index < -0.39 is 0 Å². The van der Waals surface area contributed by atoms with Crippen molar-refractivity contribution in [3.8, 4) is 5.75 Å². The number of halogens is 3. The first-order valence-corrected chi connectivity index (χ1v) is 7.99. The molecule has 0 saturated carbocycles. The third-order valence-electron chi connectivity index (χ3n) is 3.38. The molecule has 3 nitrogen and oxygen atoms in total. The van der Waals surface area contributed by atoms with E-state index in [1.165, 1.54) is 4.57 Å². The van der Waals surface area contributed by atoms with Crippen LogP contribution in [0.15, 0.2) is 16.9 Å². The van der Waals surface area contributed by atoms with Gasteiger partial charge in [0.25, 0.3) is 5.56 Å². The fourth-order valence-electron chi connectivity index (χ4n) is 2.15. The zero-order chi connectivity index (χ0) is 15.6. The molecular weight excluding hydrogens is 333 g/mol. The van der Waals surface area contributed by atoms with Crippen molar-refractivity contribution in [2.75, 3.05) is 6.61 Å². The van der Waals surface area contributed by atoms with Crippen LogP contribution >= 0.6 is 34.8 Å². The Morgan fingerprint density at radius 1 is 1.19 bits per heavy atom. The highest BCUT2D eigenvalue weighted by atomic mass is 35.5. The number of pyridine rings is 1. The van der Waals surface area contributed by atoms with Crippen molar-refractivity contribution in [2.24, 2.45) is 7.05 Å². The molecule has 0 aliphatic carbocycles. The van der Waals surface area contributed by atoms with Crippen molar-refractivity contribution in [3.05, 3.63) is 38.2 Å². The third kappa shape index (κ3) is 3.15. The number of alkyl halides is 1. The maximum absolute atomic E-state index is 12.4. The monoisotopic (exact) mass is 347 g/mol. The van der Waals surface area contributed by atoms with Gasteiger partial charge in [-0.2, -0.15) is 0 Å². The zero-order valence-corrected chi connectivity index (χ0v) is 14.1. The van der Waals surface area contributed by atoms with Crippen LogP contribution in [-0.2, 0) is 12.9 Å². The van der Waals surface area contributed by atoms with E-state index in [2.05, 4.69) is 6.92 Å². The summed E-state index contributed by atoms with van der Waals surface area (Å²) in [6.45, 7) is 2.65. The van der Waals surface area contributed by atoms with Gasteiger partial charge in [-0.05, 0) is 18.6 Å². The van der Waals surface area contributed by atoms with Gasteiger partial charge in [0.2, 0.25) is 0 Å². The van der Waals surface area contributed by atoms with Crippen LogP contribution in [0.4, 0.5) is 0 Å². The van der Waals surface area contributed by atoms with E-state index in [1.54, 1.807) is 19.2 Å². The molecule has 0 fully saturated rings. The number of fused-ring (bicyclic) bond motifs is 1. The van der Waals surface area contributed by atoms with Gasteiger partial charge in [0.1, 0.15) is 5.75 Å². The van der Waals surface area contributed by atoms with Crippen LogP contribution in [0.2, 0.25) is 10.0 Å². The standard InChI is InChI=1S/C15H16Cl3NO2/c1-3-4-5-21-14-9-6-11(17)12(18)7-10(9)15(20)19(2)13(14)8-16/h6-7H,3-5,8H2,1-2H3. The molecule has 2 rings (SSSR count). The van der Waals surface area contributed by atoms with Crippen LogP contribution in [0.25, 0.3) is 10.8 Å². The van der Waals surface area contributed by atoms with Crippen molar-refractivity contribution in [3.63, 3.8) is 0 Å². The van der Waals surface area contributed by atoms with Crippen LogP contribution in [-0.4, -0.2) is 11.2 Å². The Morgan fingerprint density at radius 2 is 1.81 bits per heavy atom. The average Bonchev–Trinajstić information content (AvgIpc) is 2.47. The second-order valence-electron chi connectivity index (χ2n) is 4.79. The highest BCUT2D eigenvalue weighted by Gasteiger charge is 2.17. The predicted octanol–water partition coefficient (Wildman–Crippen LogP) is 4.76. The van der Waals surface area contributed by atoms with Crippen LogP contribution < -0.4 is 10.3 Å². The van der Waals surface area contributed by atoms with Crippen molar-refractivity contribution >= 4 is 45.6 Å². The van der Waals surface area contributed by atoms with Gasteiger partial charge in [0.05, 0.1) is 33.6 Å². The van der Waals surface area contributed by atoms with Gasteiger partial charge in [0, 0.05) is 12.4 Å². The molecule has 6 heteroatoms. The maximum Gasteiger partial charge on any atom is 0.258 e. The summed E-state index contributed by atoms with van der Waals surface area (Å²) < 4.78 is 7.37. The Labute approximate surface area is 138 Å². The first kappa shape index (κ1) is 16.5. The molecule has 0 amide bonds. The molecule has 1 aromatic carbocycles. The van der Waals surface area contributed by atoms with Crippen molar-refractivity contribution in [1.29, 1.82) is 0 Å². The molecule has 0 spiro atoms. The molecule has 0 radical (unpaired) electrons. The minimum Gasteiger partial charge on any atom is -0.491 e. The normalized spacial score (nSPS) is 11.1. The largest absolute Gasteiger partial charge is 0.491 e. The Hall–Kier alpha value is -0.900. The van der Waals surface area contributed by atoms with Gasteiger partial charge in [-0.1, -0.05) is 36.5 Å². The number of rotatable bonds is 5. The summed E-state index contributed by atoms with van der Waals surface area (Å²) in [5.41, 5.74) is 0.478. The minimum atomic E-state index is -0.165. The molecule has 21 heavy (non-hydrogen) atoms. The summed E-state index contributed by atoms with van der Waals surface area (Å²) in [5.74, 6) is 0.790. The predicted molar refractivity (Wildman–Crippen MR) is 89.2 cm³/mol. The molecule has 0 aliphatic rings. The fraction of sp³-hybridized carbons (Fsp3) is 0.400. The fourth-order valence-corrected chi connectivity index (χ4v) is 2.78. The summed E-state index contributed by atoms with van der Waals surface area (Å²) >= 11 is 18.1. The van der Waals surface area contributed by atoms with E-state index in [0.29, 0.717) is 38.9 Å². The summed E-state index contributed by atoms with van der Waals surface area (Å²) in [7, 11) is 1.68. The maximum atomic E-state index is 12.4. The van der Waals surface area contributed by atoms with Gasteiger partial charge in [-0.25, -0.2) is 0 Å². The highest BCUT2D eigenvalue weighted by molar-refractivity contribution is 6.42. The van der Waals surface area contributed by atoms with Crippen molar-refractivity contribution < 1.29 is 4.74 Å². The van der Waals surface area contributed by atoms with E-state index in [0.717, 1.165) is 12.8 Å². The minimum absolute atomic E-state index is 0.165. The van der Waals surface area contributed by atoms with Gasteiger partial charge in [0.15, 0.2) is 0 Å². The number of hydrogen-bond donors (Lipinski definition) is 0. The van der Waals surface area contributed by atoms with E-state index in [-0.39, 0.29) is 11.4 Å². The van der Waals surface area contributed by atoms with Gasteiger partial charge >= 0.3 is 0 Å². The van der Waals surface area contributed by atoms with Crippen molar-refractivity contribution in [1.82, 2.24) is 4.57 Å². The number of aromatic nitrogens is 1. The first-order valence-electron chi connectivity index (χ1n) is 6.70. The molecule has 1 aromatic heterocycles. The Balaban J connectivity index is 2.75. The zero-order valence-electron chi connectivity index (χ0n) is 11.9. The van der Waals surface area contributed by atoms with E-state index >= 15 is 0 Å². The molecule has 0 aliphatic heterocycles. The second-order valence-corrected chi connectivity index (χ2v) is 5.87. The molecule has 114 valence electrons. The molecule has 0 N–H and O–H groups in total. The Kier molecular flexibility index (Phi) is 5.42. The van der Waals surface area contributed by atoms with E-state index in [9.17, 15) is 4.79 Å². The summed E-state index contributed by atoms with van der Waals surface area (Å²) in [4.78, 5) is 12.4. The molecular formula is C15H16Cl3NO2. The van der Waals surface area contributed by atoms with Gasteiger partial charge in [-0.3, -0.25) is 4.79 Å². The Bertz CT molecular complexity index is 725. The van der Waals surface area contributed by atoms with Gasteiger partial charge in [-0.15, -0.1) is 11.6 Å². The topological polar surface area (TPSA) is 31.2 Å². The molecule has 0 saturated heterocycles. The third-order valence-corrected chi connectivity index (χ3v) is 4.35. The lowest BCUT2D eigenvalue weighted by Gasteiger charge is -2.16. The highest BCUT2D eigenvalue weighted by Crippen LogP contribution is 2.34. The van der Waals surface area contributed by atoms with Gasteiger partial charge < -0.3 is 9.30 Å². The van der Waals surface area contributed by atoms with Crippen LogP contribution in [0.1, 0.15) is 25.5 Å². The lowest BCUT2D eigenvalue weighted by atomic mass is 10.1. The van der Waals surface area contributed by atoms with Crippen molar-refractivity contribution in [2.45, 2.75) is 25.6 Å². The second kappa shape index (κ2) is 6.91. The molecule has 1 heterocycles. The number of nitrogens with zero attached hydrogens (tertiary/aromatic N) is 1. The molecule has 0 unspecified atom stereocenters. The summed E-state index contributed by atoms with van der Waals surface area (Å²) in [5, 5.41) is 1.87. The number of hydrogen-bond acceptors (Lipinski definition) is 2. The SMILES string of the molecule is CCCCOc1c(CCl)n(C)c(=O)c2cc(Cl)c(Cl)cc12. The van der Waals surface area contributed by atoms with Crippen LogP contribution in [0.3, 0.4) is 0 Å². The first-order chi connectivity index (χ1) is 10.0. The van der Waals surface area contributed by atoms with Crippen LogP contribution in [0, 0.1) is 0 Å². The number of unbranched alkanes of at least 4 members (excludes halogenated alkanes) is 1. The Morgan fingerprint density at radius 3 is 2.38 bits per heavy atom. The molecule has 0 atom stereocenters. The van der Waals surface area contributed by atoms with E-state index in [1.807, 2.05) is 0 Å². The lowest BCUT2D eigenvalue weighted by molar-refractivity contribution is 0.307. The molecule has 0 bridgehead atoms. The van der Waals surface area contributed by atoms with Crippen LogP contribution in [0.5, 0.6) is 5.75 Å². The molecule has 2 aromatic rings. The lowest BCUT2D eigenvalue weighted by Crippen LogP contribution is -2.21. The summed E-state index contributed by atoms with van der Waals surface area (Å²) in [6, 6.07) is 3.24. The number of benzene rings is 1.